The lowest BCUT2D eigenvalue weighted by atomic mass is 9.97. The fourth-order valence-corrected chi connectivity index (χ4v) is 4.80. The van der Waals surface area contributed by atoms with Crippen molar-refractivity contribution >= 4 is 29.3 Å². The molecule has 1 saturated heterocycles. The van der Waals surface area contributed by atoms with E-state index in [-0.39, 0.29) is 30.2 Å². The van der Waals surface area contributed by atoms with Gasteiger partial charge in [0.2, 0.25) is 0 Å². The molecule has 3 heterocycles. The number of carbonyl (C=O) groups is 2. The third kappa shape index (κ3) is 4.38. The highest BCUT2D eigenvalue weighted by Gasteiger charge is 2.42. The molecule has 0 amide bonds. The molecule has 1 aromatic carbocycles. The number of aryl methyl sites for hydroxylation is 1. The van der Waals surface area contributed by atoms with Crippen molar-refractivity contribution in [3.8, 4) is 5.69 Å². The van der Waals surface area contributed by atoms with Gasteiger partial charge in [-0.25, -0.2) is 4.79 Å². The van der Waals surface area contributed by atoms with Crippen LogP contribution in [0.4, 0.5) is 0 Å². The molecule has 1 fully saturated rings. The zero-order chi connectivity index (χ0) is 24.4. The molecule has 0 aliphatic carbocycles. The summed E-state index contributed by atoms with van der Waals surface area (Å²) in [4.78, 5) is 30.1. The van der Waals surface area contributed by atoms with E-state index < -0.39 is 5.97 Å². The van der Waals surface area contributed by atoms with Crippen LogP contribution < -0.4 is 5.32 Å². The highest BCUT2D eigenvalue weighted by molar-refractivity contribution is 7.80. The third-order valence-corrected chi connectivity index (χ3v) is 6.32. The fraction of sp³-hybridized carbons (Fsp3) is 0.280. The molecule has 1 aliphatic heterocycles. The first-order valence-electron chi connectivity index (χ1n) is 11.0. The van der Waals surface area contributed by atoms with Gasteiger partial charge in [0.15, 0.2) is 5.11 Å². The number of nitrogens with one attached hydrogen (secondary N) is 1. The van der Waals surface area contributed by atoms with Gasteiger partial charge in [-0.3, -0.25) is 9.78 Å². The van der Waals surface area contributed by atoms with E-state index in [4.69, 9.17) is 17.0 Å². The molecule has 34 heavy (non-hydrogen) atoms. The number of thiocarbonyl (C=S) groups is 1. The molecule has 176 valence electrons. The van der Waals surface area contributed by atoms with Crippen molar-refractivity contribution in [2.45, 2.75) is 32.9 Å². The Bertz CT molecular complexity index is 1220. The number of carbonyl (C=O) groups excluding carboxylic acids is 1. The molecule has 2 atom stereocenters. The van der Waals surface area contributed by atoms with Crippen molar-refractivity contribution in [1.29, 1.82) is 0 Å². The van der Waals surface area contributed by atoms with Crippen LogP contribution in [0.15, 0.2) is 54.7 Å². The van der Waals surface area contributed by atoms with Crippen LogP contribution in [0.2, 0.25) is 0 Å². The Morgan fingerprint density at radius 1 is 1.18 bits per heavy atom. The van der Waals surface area contributed by atoms with Crippen molar-refractivity contribution in [3.05, 3.63) is 82.9 Å². The maximum atomic E-state index is 12.4. The lowest BCUT2D eigenvalue weighted by molar-refractivity contribution is -0.143. The van der Waals surface area contributed by atoms with Crippen molar-refractivity contribution in [1.82, 2.24) is 19.8 Å². The molecule has 4 rings (SSSR count). The summed E-state index contributed by atoms with van der Waals surface area (Å²) in [5.41, 5.74) is 4.83. The van der Waals surface area contributed by atoms with Crippen molar-refractivity contribution in [2.24, 2.45) is 0 Å². The molecular weight excluding hydrogens is 452 g/mol. The predicted octanol–water partition coefficient (Wildman–Crippen LogP) is 3.72. The molecule has 8 nitrogen and oxygen atoms in total. The Morgan fingerprint density at radius 2 is 1.91 bits per heavy atom. The zero-order valence-corrected chi connectivity index (χ0v) is 20.0. The van der Waals surface area contributed by atoms with Crippen molar-refractivity contribution < 1.29 is 19.4 Å². The Hall–Kier alpha value is -3.72. The smallest absolute Gasteiger partial charge is 0.335 e. The number of pyridine rings is 1. The number of hydrogen-bond acceptors (Lipinski definition) is 5. The van der Waals surface area contributed by atoms with Crippen LogP contribution in [0.1, 0.15) is 52.0 Å². The summed E-state index contributed by atoms with van der Waals surface area (Å²) in [7, 11) is 0. The van der Waals surface area contributed by atoms with Gasteiger partial charge in [-0.15, -0.1) is 0 Å². The minimum Gasteiger partial charge on any atom is -0.478 e. The monoisotopic (exact) mass is 478 g/mol. The number of nitrogens with zero attached hydrogens (tertiary/aromatic N) is 3. The predicted molar refractivity (Wildman–Crippen MR) is 131 cm³/mol. The lowest BCUT2D eigenvalue weighted by Gasteiger charge is -2.27. The van der Waals surface area contributed by atoms with E-state index in [1.54, 1.807) is 37.4 Å². The quantitative estimate of drug-likeness (QED) is 0.392. The van der Waals surface area contributed by atoms with E-state index in [1.165, 1.54) is 0 Å². The van der Waals surface area contributed by atoms with Gasteiger partial charge in [0.25, 0.3) is 0 Å². The van der Waals surface area contributed by atoms with Crippen LogP contribution in [0.25, 0.3) is 5.69 Å². The standard InChI is InChI=1S/C25H26N4O4S/c1-4-33-21(30)14-28-23(22(27-25(28)34)20-7-5-6-12-26-20)19-13-15(2)29(16(19)3)18-10-8-17(9-11-18)24(31)32/h5-13,22-23H,4,14H2,1-3H3,(H,27,34)(H,31,32). The number of benzene rings is 1. The average molecular weight is 479 g/mol. The van der Waals surface area contributed by atoms with Crippen LogP contribution >= 0.6 is 12.2 Å². The number of esters is 1. The number of carboxylic acids is 1. The van der Waals surface area contributed by atoms with E-state index in [9.17, 15) is 14.7 Å². The molecule has 0 saturated carbocycles. The Balaban J connectivity index is 1.79. The summed E-state index contributed by atoms with van der Waals surface area (Å²) in [6.45, 7) is 6.09. The van der Waals surface area contributed by atoms with E-state index in [0.29, 0.717) is 11.7 Å². The highest BCUT2D eigenvalue weighted by Crippen LogP contribution is 2.41. The van der Waals surface area contributed by atoms with E-state index in [0.717, 1.165) is 28.3 Å². The number of aromatic nitrogens is 2. The summed E-state index contributed by atoms with van der Waals surface area (Å²) < 4.78 is 7.27. The molecule has 9 heteroatoms. The Morgan fingerprint density at radius 3 is 2.53 bits per heavy atom. The van der Waals surface area contributed by atoms with Crippen molar-refractivity contribution in [2.75, 3.05) is 13.2 Å². The minimum atomic E-state index is -0.966. The first-order valence-corrected chi connectivity index (χ1v) is 11.4. The maximum Gasteiger partial charge on any atom is 0.335 e. The molecule has 2 unspecified atom stereocenters. The second-order valence-electron chi connectivity index (χ2n) is 8.07. The van der Waals surface area contributed by atoms with Gasteiger partial charge >= 0.3 is 11.9 Å². The van der Waals surface area contributed by atoms with Crippen LogP contribution in [-0.4, -0.2) is 49.8 Å². The molecule has 1 aliphatic rings. The molecule has 2 N–H and O–H groups in total. The normalized spacial score (nSPS) is 17.5. The first-order chi connectivity index (χ1) is 16.3. The van der Waals surface area contributed by atoms with E-state index >= 15 is 0 Å². The van der Waals surface area contributed by atoms with Crippen LogP contribution in [-0.2, 0) is 9.53 Å². The van der Waals surface area contributed by atoms with Gasteiger partial charge in [-0.1, -0.05) is 6.07 Å². The van der Waals surface area contributed by atoms with Gasteiger partial charge in [-0.2, -0.15) is 0 Å². The second-order valence-corrected chi connectivity index (χ2v) is 8.46. The van der Waals surface area contributed by atoms with Gasteiger partial charge in [0.05, 0.1) is 29.9 Å². The molecule has 0 spiro atoms. The summed E-state index contributed by atoms with van der Waals surface area (Å²) in [6, 6.07) is 14.0. The third-order valence-electron chi connectivity index (χ3n) is 5.96. The summed E-state index contributed by atoms with van der Waals surface area (Å²) in [6.07, 6.45) is 1.73. The maximum absolute atomic E-state index is 12.4. The van der Waals surface area contributed by atoms with E-state index in [2.05, 4.69) is 20.9 Å². The number of carboxylic acid groups (broad SMARTS) is 1. The Labute approximate surface area is 203 Å². The SMILES string of the molecule is CCOC(=O)CN1C(=S)NC(c2ccccn2)C1c1cc(C)n(-c2ccc(C(=O)O)cc2)c1C. The Kier molecular flexibility index (Phi) is 6.65. The van der Waals surface area contributed by atoms with Crippen molar-refractivity contribution in [3.63, 3.8) is 0 Å². The topological polar surface area (TPSA) is 96.7 Å². The summed E-state index contributed by atoms with van der Waals surface area (Å²) in [5, 5.41) is 13.0. The van der Waals surface area contributed by atoms with Gasteiger partial charge in [0.1, 0.15) is 6.54 Å². The summed E-state index contributed by atoms with van der Waals surface area (Å²) >= 11 is 5.63. The number of hydrogen-bond donors (Lipinski definition) is 2. The first kappa shape index (κ1) is 23.4. The van der Waals surface area contributed by atoms with Crippen LogP contribution in [0.5, 0.6) is 0 Å². The molecule has 2 aromatic heterocycles. The number of ether oxygens (including phenoxy) is 1. The van der Waals surface area contributed by atoms with Gasteiger partial charge < -0.3 is 24.6 Å². The largest absolute Gasteiger partial charge is 0.478 e. The molecule has 0 bridgehead atoms. The highest BCUT2D eigenvalue weighted by atomic mass is 32.1. The number of aromatic carboxylic acids is 1. The van der Waals surface area contributed by atoms with Gasteiger partial charge in [0, 0.05) is 23.3 Å². The van der Waals surface area contributed by atoms with Gasteiger partial charge in [-0.05, 0) is 81.0 Å². The molecule has 0 radical (unpaired) electrons. The van der Waals surface area contributed by atoms with Crippen LogP contribution in [0, 0.1) is 13.8 Å². The zero-order valence-electron chi connectivity index (χ0n) is 19.2. The van der Waals surface area contributed by atoms with Crippen LogP contribution in [0.3, 0.4) is 0 Å². The second kappa shape index (κ2) is 9.64. The minimum absolute atomic E-state index is 0.0185. The summed E-state index contributed by atoms with van der Waals surface area (Å²) in [5.74, 6) is -1.32. The molecule has 3 aromatic rings. The molecular formula is C25H26N4O4S. The lowest BCUT2D eigenvalue weighted by Crippen LogP contribution is -2.35. The fourth-order valence-electron chi connectivity index (χ4n) is 4.50. The number of rotatable bonds is 7. The van der Waals surface area contributed by atoms with E-state index in [1.807, 2.05) is 36.9 Å². The average Bonchev–Trinajstić information content (AvgIpc) is 3.29.